The van der Waals surface area contributed by atoms with Crippen molar-refractivity contribution < 1.29 is 24.2 Å². The van der Waals surface area contributed by atoms with Crippen LogP contribution in [-0.4, -0.2) is 72.6 Å². The molecule has 1 amide bonds. The van der Waals surface area contributed by atoms with E-state index in [2.05, 4.69) is 4.90 Å². The average molecular weight is 499 g/mol. The quantitative estimate of drug-likeness (QED) is 0.316. The van der Waals surface area contributed by atoms with Gasteiger partial charge in [-0.05, 0) is 54.8 Å². The predicted octanol–water partition coefficient (Wildman–Crippen LogP) is 4.27. The number of morpholine rings is 1. The fourth-order valence-corrected chi connectivity index (χ4v) is 4.63. The van der Waals surface area contributed by atoms with Crippen LogP contribution in [0, 0.1) is 0 Å². The Morgan fingerprint density at radius 1 is 1.11 bits per heavy atom. The third-order valence-corrected chi connectivity index (χ3v) is 6.53. The molecule has 0 unspecified atom stereocenters. The normalized spacial score (nSPS) is 20.4. The lowest BCUT2D eigenvalue weighted by Crippen LogP contribution is -2.38. The van der Waals surface area contributed by atoms with Crippen molar-refractivity contribution in [3.05, 3.63) is 70.3 Å². The summed E-state index contributed by atoms with van der Waals surface area (Å²) in [4.78, 5) is 30.2. The van der Waals surface area contributed by atoms with E-state index in [0.29, 0.717) is 49.1 Å². The number of rotatable bonds is 9. The monoisotopic (exact) mass is 498 g/mol. The molecule has 2 fully saturated rings. The summed E-state index contributed by atoms with van der Waals surface area (Å²) >= 11 is 6.00. The maximum atomic E-state index is 13.2. The van der Waals surface area contributed by atoms with Gasteiger partial charge in [0.05, 0.1) is 31.4 Å². The van der Waals surface area contributed by atoms with Crippen molar-refractivity contribution >= 4 is 29.1 Å². The largest absolute Gasteiger partial charge is 0.507 e. The number of hydrogen-bond donors (Lipinski definition) is 1. The number of halogens is 1. The van der Waals surface area contributed by atoms with Crippen LogP contribution in [0.2, 0.25) is 5.02 Å². The first-order chi connectivity index (χ1) is 17.0. The summed E-state index contributed by atoms with van der Waals surface area (Å²) in [5.74, 6) is -0.837. The number of aliphatic hydroxyl groups excluding tert-OH is 1. The summed E-state index contributed by atoms with van der Waals surface area (Å²) in [6.45, 7) is 6.91. The highest BCUT2D eigenvalue weighted by Crippen LogP contribution is 2.40. The molecule has 0 saturated carbocycles. The van der Waals surface area contributed by atoms with Gasteiger partial charge < -0.3 is 19.5 Å². The SMILES string of the molecule is CCCOc1cccc([C@@H]2C(=C(O)c3ccc(Cl)cc3)C(=O)C(=O)N2CCCN2CCOCC2)c1. The van der Waals surface area contributed by atoms with Crippen LogP contribution in [0.4, 0.5) is 0 Å². The Morgan fingerprint density at radius 2 is 1.86 bits per heavy atom. The van der Waals surface area contributed by atoms with Crippen LogP contribution >= 0.6 is 11.6 Å². The average Bonchev–Trinajstić information content (AvgIpc) is 3.13. The van der Waals surface area contributed by atoms with E-state index in [-0.39, 0.29) is 11.3 Å². The van der Waals surface area contributed by atoms with Crippen molar-refractivity contribution in [2.75, 3.05) is 46.0 Å². The third kappa shape index (κ3) is 5.86. The first-order valence-corrected chi connectivity index (χ1v) is 12.4. The molecule has 7 nitrogen and oxygen atoms in total. The van der Waals surface area contributed by atoms with E-state index in [1.54, 1.807) is 29.2 Å². The second-order valence-corrected chi connectivity index (χ2v) is 9.16. The molecule has 2 aromatic carbocycles. The molecular formula is C27H31ClN2O5. The van der Waals surface area contributed by atoms with Gasteiger partial charge in [-0.15, -0.1) is 0 Å². The third-order valence-electron chi connectivity index (χ3n) is 6.28. The maximum absolute atomic E-state index is 13.2. The predicted molar refractivity (Wildman–Crippen MR) is 135 cm³/mol. The number of likely N-dealkylation sites (tertiary alicyclic amines) is 1. The van der Waals surface area contributed by atoms with Gasteiger partial charge in [-0.1, -0.05) is 30.7 Å². The van der Waals surface area contributed by atoms with E-state index in [1.165, 1.54) is 0 Å². The molecule has 0 bridgehead atoms. The summed E-state index contributed by atoms with van der Waals surface area (Å²) < 4.78 is 11.2. The second kappa shape index (κ2) is 11.7. The van der Waals surface area contributed by atoms with E-state index in [4.69, 9.17) is 21.1 Å². The van der Waals surface area contributed by atoms with Crippen molar-refractivity contribution in [1.82, 2.24) is 9.80 Å². The Bertz CT molecular complexity index is 1080. The van der Waals surface area contributed by atoms with Crippen LogP contribution in [0.5, 0.6) is 5.75 Å². The minimum Gasteiger partial charge on any atom is -0.507 e. The zero-order valence-electron chi connectivity index (χ0n) is 19.9. The van der Waals surface area contributed by atoms with Gasteiger partial charge in [0, 0.05) is 36.8 Å². The molecule has 2 saturated heterocycles. The van der Waals surface area contributed by atoms with Gasteiger partial charge in [0.15, 0.2) is 0 Å². The first kappa shape index (κ1) is 25.2. The smallest absolute Gasteiger partial charge is 0.295 e. The Morgan fingerprint density at radius 3 is 2.57 bits per heavy atom. The number of ketones is 1. The van der Waals surface area contributed by atoms with Gasteiger partial charge in [0.2, 0.25) is 0 Å². The van der Waals surface area contributed by atoms with Crippen LogP contribution in [0.25, 0.3) is 5.76 Å². The van der Waals surface area contributed by atoms with Gasteiger partial charge >= 0.3 is 0 Å². The van der Waals surface area contributed by atoms with Gasteiger partial charge in [-0.25, -0.2) is 0 Å². The molecule has 0 spiro atoms. The number of ether oxygens (including phenoxy) is 2. The summed E-state index contributed by atoms with van der Waals surface area (Å²) in [6, 6.07) is 13.3. The van der Waals surface area contributed by atoms with E-state index in [9.17, 15) is 14.7 Å². The number of aliphatic hydroxyl groups is 1. The maximum Gasteiger partial charge on any atom is 0.295 e. The van der Waals surface area contributed by atoms with Crippen molar-refractivity contribution in [3.8, 4) is 5.75 Å². The Labute approximate surface area is 210 Å². The lowest BCUT2D eigenvalue weighted by atomic mass is 9.95. The summed E-state index contributed by atoms with van der Waals surface area (Å²) in [5, 5.41) is 11.7. The van der Waals surface area contributed by atoms with Crippen molar-refractivity contribution in [1.29, 1.82) is 0 Å². The number of carbonyl (C=O) groups excluding carboxylic acids is 2. The van der Waals surface area contributed by atoms with Crippen LogP contribution in [0.1, 0.15) is 36.9 Å². The molecule has 0 aromatic heterocycles. The van der Waals surface area contributed by atoms with Crippen LogP contribution in [0.15, 0.2) is 54.1 Å². The van der Waals surface area contributed by atoms with Crippen molar-refractivity contribution in [2.24, 2.45) is 0 Å². The number of Topliss-reactive ketones (excluding diaryl/α,β-unsaturated/α-hetero) is 1. The molecule has 2 heterocycles. The molecule has 186 valence electrons. The Hall–Kier alpha value is -2.87. The topological polar surface area (TPSA) is 79.3 Å². The van der Waals surface area contributed by atoms with E-state index < -0.39 is 17.7 Å². The van der Waals surface area contributed by atoms with Gasteiger partial charge in [-0.2, -0.15) is 0 Å². The number of nitrogens with zero attached hydrogens (tertiary/aromatic N) is 2. The number of carbonyl (C=O) groups is 2. The van der Waals surface area contributed by atoms with E-state index in [1.807, 2.05) is 31.2 Å². The lowest BCUT2D eigenvalue weighted by Gasteiger charge is -2.29. The van der Waals surface area contributed by atoms with Crippen molar-refractivity contribution in [2.45, 2.75) is 25.8 Å². The Kier molecular flexibility index (Phi) is 8.44. The minimum absolute atomic E-state index is 0.0799. The first-order valence-electron chi connectivity index (χ1n) is 12.1. The highest BCUT2D eigenvalue weighted by atomic mass is 35.5. The Balaban J connectivity index is 1.67. The molecule has 4 rings (SSSR count). The van der Waals surface area contributed by atoms with Crippen LogP contribution in [0.3, 0.4) is 0 Å². The molecule has 1 atom stereocenters. The highest BCUT2D eigenvalue weighted by Gasteiger charge is 2.46. The van der Waals surface area contributed by atoms with Gasteiger partial charge in [0.25, 0.3) is 11.7 Å². The van der Waals surface area contributed by atoms with E-state index >= 15 is 0 Å². The van der Waals surface area contributed by atoms with Crippen LogP contribution in [-0.2, 0) is 14.3 Å². The minimum atomic E-state index is -0.708. The number of hydrogen-bond acceptors (Lipinski definition) is 6. The molecule has 0 radical (unpaired) electrons. The zero-order chi connectivity index (χ0) is 24.8. The highest BCUT2D eigenvalue weighted by molar-refractivity contribution is 6.46. The molecule has 35 heavy (non-hydrogen) atoms. The standard InChI is InChI=1S/C27H31ClN2O5/c1-2-15-35-22-6-3-5-20(18-22)24-23(25(31)19-7-9-21(28)10-8-19)26(32)27(33)30(24)12-4-11-29-13-16-34-17-14-29/h3,5-10,18,24,31H,2,4,11-17H2,1H3/t24-/m1/s1. The number of benzene rings is 2. The summed E-state index contributed by atoms with van der Waals surface area (Å²) in [7, 11) is 0. The molecule has 1 N–H and O–H groups in total. The molecule has 2 aliphatic heterocycles. The fraction of sp³-hybridized carbons (Fsp3) is 0.407. The molecule has 0 aliphatic carbocycles. The second-order valence-electron chi connectivity index (χ2n) is 8.73. The lowest BCUT2D eigenvalue weighted by molar-refractivity contribution is -0.140. The van der Waals surface area contributed by atoms with E-state index in [0.717, 1.165) is 31.6 Å². The van der Waals surface area contributed by atoms with Gasteiger partial charge in [-0.3, -0.25) is 14.5 Å². The molecule has 8 heteroatoms. The van der Waals surface area contributed by atoms with Crippen molar-refractivity contribution in [3.63, 3.8) is 0 Å². The zero-order valence-corrected chi connectivity index (χ0v) is 20.7. The molecule has 2 aromatic rings. The van der Waals surface area contributed by atoms with Gasteiger partial charge in [0.1, 0.15) is 11.5 Å². The number of amides is 1. The molecule has 2 aliphatic rings. The summed E-state index contributed by atoms with van der Waals surface area (Å²) in [5.41, 5.74) is 1.24. The summed E-state index contributed by atoms with van der Waals surface area (Å²) in [6.07, 6.45) is 1.57. The fourth-order valence-electron chi connectivity index (χ4n) is 4.50. The molecular weight excluding hydrogens is 468 g/mol. The van der Waals surface area contributed by atoms with Crippen LogP contribution < -0.4 is 4.74 Å².